The monoisotopic (exact) mass is 476 g/mol. The Hall–Kier alpha value is -1.09. The molecule has 0 amide bonds. The first-order valence-corrected chi connectivity index (χ1v) is 12.6. The standard InChI is InChI=1S/C25H42F2O6/c1-2-3-15-25(26,27)22(29)14-13-19-18(10-6-4-5-7-11-23(30)31)20(28)17-21(19)33-24-12-8-9-16-32-24/h4,6,18-22,24,28-29H,2-3,5,7-17H2,1H3,(H,30,31)/b6-4+/t18-,19-,20+,21-,22?,24?/m1/s1. The van der Waals surface area contributed by atoms with Crippen LogP contribution in [0.3, 0.4) is 0 Å². The van der Waals surface area contributed by atoms with Gasteiger partial charge in [-0.1, -0.05) is 25.5 Å². The second-order valence-electron chi connectivity index (χ2n) is 9.55. The molecule has 6 nitrogen and oxygen atoms in total. The minimum atomic E-state index is -3.12. The third-order valence-electron chi connectivity index (χ3n) is 6.92. The van der Waals surface area contributed by atoms with Crippen LogP contribution in [0.15, 0.2) is 12.2 Å². The number of rotatable bonds is 15. The van der Waals surface area contributed by atoms with Crippen LogP contribution in [-0.2, 0) is 14.3 Å². The number of alkyl halides is 2. The molecular formula is C25H42F2O6. The zero-order valence-corrected chi connectivity index (χ0v) is 19.8. The molecule has 8 heteroatoms. The van der Waals surface area contributed by atoms with Crippen LogP contribution in [0.25, 0.3) is 0 Å². The Morgan fingerprint density at radius 3 is 2.70 bits per heavy atom. The van der Waals surface area contributed by atoms with Crippen molar-refractivity contribution in [2.45, 2.75) is 121 Å². The number of aliphatic carboxylic acids is 1. The van der Waals surface area contributed by atoms with Gasteiger partial charge in [0.25, 0.3) is 5.92 Å². The van der Waals surface area contributed by atoms with Crippen LogP contribution >= 0.6 is 0 Å². The number of unbranched alkanes of at least 4 members (excludes halogenated alkanes) is 2. The summed E-state index contributed by atoms with van der Waals surface area (Å²) in [6.07, 6.45) is 6.95. The Kier molecular flexibility index (Phi) is 12.2. The van der Waals surface area contributed by atoms with Gasteiger partial charge < -0.3 is 24.8 Å². The molecule has 2 rings (SSSR count). The molecule has 33 heavy (non-hydrogen) atoms. The van der Waals surface area contributed by atoms with Crippen molar-refractivity contribution < 1.29 is 38.4 Å². The van der Waals surface area contributed by atoms with Crippen LogP contribution < -0.4 is 0 Å². The zero-order chi connectivity index (χ0) is 24.3. The Labute approximate surface area is 196 Å². The van der Waals surface area contributed by atoms with Gasteiger partial charge in [0.15, 0.2) is 6.29 Å². The summed E-state index contributed by atoms with van der Waals surface area (Å²) in [7, 11) is 0. The fourth-order valence-electron chi connectivity index (χ4n) is 4.93. The van der Waals surface area contributed by atoms with Gasteiger partial charge in [-0.3, -0.25) is 4.79 Å². The minimum absolute atomic E-state index is 0.0433. The van der Waals surface area contributed by atoms with Crippen molar-refractivity contribution in [3.8, 4) is 0 Å². The molecular weight excluding hydrogens is 434 g/mol. The molecule has 1 aliphatic heterocycles. The predicted molar refractivity (Wildman–Crippen MR) is 121 cm³/mol. The summed E-state index contributed by atoms with van der Waals surface area (Å²) in [6, 6.07) is 0. The number of hydrogen-bond acceptors (Lipinski definition) is 5. The van der Waals surface area contributed by atoms with Gasteiger partial charge in [-0.15, -0.1) is 0 Å². The van der Waals surface area contributed by atoms with E-state index in [1.165, 1.54) is 0 Å². The molecule has 2 aliphatic rings. The molecule has 3 N–H and O–H groups in total. The summed E-state index contributed by atoms with van der Waals surface area (Å²) in [6.45, 7) is 2.48. The van der Waals surface area contributed by atoms with Crippen molar-refractivity contribution in [3.63, 3.8) is 0 Å². The largest absolute Gasteiger partial charge is 0.481 e. The Balaban J connectivity index is 1.98. The normalized spacial score (nSPS) is 29.5. The maximum atomic E-state index is 14.3. The molecule has 0 aromatic heterocycles. The van der Waals surface area contributed by atoms with Crippen molar-refractivity contribution >= 4 is 5.97 Å². The smallest absolute Gasteiger partial charge is 0.303 e. The van der Waals surface area contributed by atoms with E-state index in [4.69, 9.17) is 14.6 Å². The second kappa shape index (κ2) is 14.3. The highest BCUT2D eigenvalue weighted by Gasteiger charge is 2.45. The predicted octanol–water partition coefficient (Wildman–Crippen LogP) is 5.06. The molecule has 0 bridgehead atoms. The molecule has 0 aromatic carbocycles. The average molecular weight is 477 g/mol. The number of carboxylic acids is 1. The number of aliphatic hydroxyl groups excluding tert-OH is 2. The van der Waals surface area contributed by atoms with Gasteiger partial charge in [-0.25, -0.2) is 8.78 Å². The maximum absolute atomic E-state index is 14.3. The lowest BCUT2D eigenvalue weighted by molar-refractivity contribution is -0.197. The fraction of sp³-hybridized carbons (Fsp3) is 0.880. The van der Waals surface area contributed by atoms with E-state index in [-0.39, 0.29) is 43.5 Å². The van der Waals surface area contributed by atoms with Gasteiger partial charge in [0.05, 0.1) is 12.2 Å². The van der Waals surface area contributed by atoms with Gasteiger partial charge in [0.2, 0.25) is 0 Å². The number of ether oxygens (including phenoxy) is 2. The quantitative estimate of drug-likeness (QED) is 0.226. The number of halogens is 2. The van der Waals surface area contributed by atoms with E-state index in [0.717, 1.165) is 19.3 Å². The molecule has 2 fully saturated rings. The molecule has 1 saturated heterocycles. The summed E-state index contributed by atoms with van der Waals surface area (Å²) >= 11 is 0. The van der Waals surface area contributed by atoms with Crippen molar-refractivity contribution in [1.82, 2.24) is 0 Å². The van der Waals surface area contributed by atoms with E-state index in [1.54, 1.807) is 0 Å². The SMILES string of the molecule is CCCCC(F)(F)C(O)CC[C@@H]1[C@@H](C/C=C/CCCC(=O)O)[C@@H](O)C[C@H]1OC1CCCCO1. The van der Waals surface area contributed by atoms with Crippen LogP contribution in [0, 0.1) is 11.8 Å². The van der Waals surface area contributed by atoms with Crippen LogP contribution in [0.2, 0.25) is 0 Å². The first kappa shape index (κ1) is 28.1. The van der Waals surface area contributed by atoms with Gasteiger partial charge in [0, 0.05) is 25.9 Å². The first-order valence-electron chi connectivity index (χ1n) is 12.6. The molecule has 0 spiro atoms. The Morgan fingerprint density at radius 1 is 1.24 bits per heavy atom. The van der Waals surface area contributed by atoms with E-state index in [2.05, 4.69) is 0 Å². The van der Waals surface area contributed by atoms with Gasteiger partial charge in [-0.05, 0) is 69.6 Å². The van der Waals surface area contributed by atoms with E-state index >= 15 is 0 Å². The van der Waals surface area contributed by atoms with Crippen LogP contribution in [0.4, 0.5) is 8.78 Å². The summed E-state index contributed by atoms with van der Waals surface area (Å²) in [5.74, 6) is -4.26. The molecule has 192 valence electrons. The maximum Gasteiger partial charge on any atom is 0.303 e. The lowest BCUT2D eigenvalue weighted by Crippen LogP contribution is -2.36. The highest BCUT2D eigenvalue weighted by molar-refractivity contribution is 5.66. The van der Waals surface area contributed by atoms with E-state index < -0.39 is 24.1 Å². The van der Waals surface area contributed by atoms with Crippen molar-refractivity contribution in [2.75, 3.05) is 6.61 Å². The van der Waals surface area contributed by atoms with Crippen LogP contribution in [0.5, 0.6) is 0 Å². The number of carbonyl (C=O) groups is 1. The van der Waals surface area contributed by atoms with E-state index in [9.17, 15) is 23.8 Å². The second-order valence-corrected chi connectivity index (χ2v) is 9.55. The molecule has 1 aliphatic carbocycles. The summed E-state index contributed by atoms with van der Waals surface area (Å²) in [5, 5.41) is 29.7. The Bertz CT molecular complexity index is 593. The van der Waals surface area contributed by atoms with Gasteiger partial charge in [0.1, 0.15) is 6.10 Å². The molecule has 0 aromatic rings. The first-order chi connectivity index (χ1) is 15.7. The van der Waals surface area contributed by atoms with Gasteiger partial charge >= 0.3 is 5.97 Å². The number of carboxylic acid groups (broad SMARTS) is 1. The lowest BCUT2D eigenvalue weighted by Gasteiger charge is -2.31. The van der Waals surface area contributed by atoms with Crippen molar-refractivity contribution in [2.24, 2.45) is 11.8 Å². The lowest BCUT2D eigenvalue weighted by atomic mass is 9.85. The number of aliphatic hydroxyl groups is 2. The van der Waals surface area contributed by atoms with Crippen molar-refractivity contribution in [1.29, 1.82) is 0 Å². The minimum Gasteiger partial charge on any atom is -0.481 e. The van der Waals surface area contributed by atoms with Gasteiger partial charge in [-0.2, -0.15) is 0 Å². The molecule has 1 saturated carbocycles. The zero-order valence-electron chi connectivity index (χ0n) is 19.8. The van der Waals surface area contributed by atoms with E-state index in [1.807, 2.05) is 19.1 Å². The summed E-state index contributed by atoms with van der Waals surface area (Å²) < 4.78 is 40.5. The van der Waals surface area contributed by atoms with Crippen LogP contribution in [-0.4, -0.2) is 58.4 Å². The number of hydrogen-bond donors (Lipinski definition) is 3. The topological polar surface area (TPSA) is 96.2 Å². The Morgan fingerprint density at radius 2 is 2.03 bits per heavy atom. The molecule has 0 radical (unpaired) electrons. The summed E-state index contributed by atoms with van der Waals surface area (Å²) in [4.78, 5) is 10.6. The van der Waals surface area contributed by atoms with Crippen molar-refractivity contribution in [3.05, 3.63) is 12.2 Å². The highest BCUT2D eigenvalue weighted by Crippen LogP contribution is 2.42. The van der Waals surface area contributed by atoms with Crippen LogP contribution in [0.1, 0.15) is 90.4 Å². The fourth-order valence-corrected chi connectivity index (χ4v) is 4.93. The highest BCUT2D eigenvalue weighted by atomic mass is 19.3. The molecule has 1 heterocycles. The average Bonchev–Trinajstić information content (AvgIpc) is 3.07. The number of allylic oxidation sites excluding steroid dienone is 2. The van der Waals surface area contributed by atoms with E-state index in [0.29, 0.717) is 51.6 Å². The summed E-state index contributed by atoms with van der Waals surface area (Å²) in [5.41, 5.74) is 0. The molecule has 6 atom stereocenters. The third-order valence-corrected chi connectivity index (χ3v) is 6.92. The third kappa shape index (κ3) is 9.59. The molecule has 2 unspecified atom stereocenters.